The van der Waals surface area contributed by atoms with Gasteiger partial charge in [-0.1, -0.05) is 12.2 Å². The van der Waals surface area contributed by atoms with Crippen LogP contribution in [0, 0.1) is 0 Å². The van der Waals surface area contributed by atoms with Crippen LogP contribution in [-0.2, 0) is 9.53 Å². The lowest BCUT2D eigenvalue weighted by Crippen LogP contribution is -2.09. The average molecular weight is 264 g/mol. The Kier molecular flexibility index (Phi) is 7.17. The molecule has 1 aromatic rings. The first-order valence-electron chi connectivity index (χ1n) is 6.38. The number of allylic oxidation sites excluding steroid dienone is 1. The van der Waals surface area contributed by atoms with Crippen LogP contribution in [0.25, 0.3) is 0 Å². The van der Waals surface area contributed by atoms with E-state index < -0.39 is 0 Å². The van der Waals surface area contributed by atoms with Crippen molar-refractivity contribution in [3.8, 4) is 11.5 Å². The van der Waals surface area contributed by atoms with Crippen molar-refractivity contribution in [1.29, 1.82) is 0 Å². The topological polar surface area (TPSA) is 44.8 Å². The lowest BCUT2D eigenvalue weighted by Gasteiger charge is -2.07. The Morgan fingerprint density at radius 2 is 1.79 bits per heavy atom. The van der Waals surface area contributed by atoms with E-state index in [2.05, 4.69) is 0 Å². The van der Waals surface area contributed by atoms with Gasteiger partial charge in [0.2, 0.25) is 0 Å². The molecule has 19 heavy (non-hydrogen) atoms. The molecule has 0 aliphatic heterocycles. The highest BCUT2D eigenvalue weighted by Crippen LogP contribution is 2.17. The Balaban J connectivity index is 2.23. The van der Waals surface area contributed by atoms with Crippen molar-refractivity contribution in [3.63, 3.8) is 0 Å². The van der Waals surface area contributed by atoms with Gasteiger partial charge in [-0.2, -0.15) is 0 Å². The van der Waals surface area contributed by atoms with Crippen molar-refractivity contribution in [2.24, 2.45) is 0 Å². The number of hydrogen-bond acceptors (Lipinski definition) is 4. The fourth-order valence-electron chi connectivity index (χ4n) is 1.36. The molecule has 0 atom stereocenters. The van der Waals surface area contributed by atoms with Gasteiger partial charge in [-0.3, -0.25) is 4.79 Å². The normalized spacial score (nSPS) is 10.4. The van der Waals surface area contributed by atoms with Gasteiger partial charge < -0.3 is 14.2 Å². The van der Waals surface area contributed by atoms with Gasteiger partial charge in [0.05, 0.1) is 19.6 Å². The summed E-state index contributed by atoms with van der Waals surface area (Å²) in [5.41, 5.74) is 0. The molecule has 0 bridgehead atoms. The van der Waals surface area contributed by atoms with Crippen molar-refractivity contribution in [1.82, 2.24) is 0 Å². The Morgan fingerprint density at radius 1 is 1.16 bits per heavy atom. The zero-order valence-corrected chi connectivity index (χ0v) is 11.4. The minimum atomic E-state index is -0.260. The van der Waals surface area contributed by atoms with E-state index in [9.17, 15) is 4.79 Å². The van der Waals surface area contributed by atoms with Crippen LogP contribution in [0.15, 0.2) is 36.4 Å². The van der Waals surface area contributed by atoms with E-state index in [0.717, 1.165) is 5.75 Å². The number of ether oxygens (including phenoxy) is 3. The first-order valence-corrected chi connectivity index (χ1v) is 6.38. The number of rotatable bonds is 8. The first-order chi connectivity index (χ1) is 9.26. The molecule has 0 amide bonds. The summed E-state index contributed by atoms with van der Waals surface area (Å²) in [6.07, 6.45) is 3.86. The van der Waals surface area contributed by atoms with E-state index in [1.165, 1.54) is 0 Å². The first kappa shape index (κ1) is 15.1. The van der Waals surface area contributed by atoms with Gasteiger partial charge in [0.15, 0.2) is 0 Å². The van der Waals surface area contributed by atoms with Gasteiger partial charge in [0, 0.05) is 0 Å². The zero-order valence-electron chi connectivity index (χ0n) is 11.4. The van der Waals surface area contributed by atoms with Crippen LogP contribution in [0.5, 0.6) is 11.5 Å². The highest BCUT2D eigenvalue weighted by atomic mass is 16.5. The molecule has 0 saturated carbocycles. The highest BCUT2D eigenvalue weighted by Gasteiger charge is 2.02. The predicted molar refractivity (Wildman–Crippen MR) is 73.5 cm³/mol. The van der Waals surface area contributed by atoms with Crippen LogP contribution >= 0.6 is 0 Å². The van der Waals surface area contributed by atoms with Crippen molar-refractivity contribution >= 4 is 5.97 Å². The Morgan fingerprint density at radius 3 is 2.37 bits per heavy atom. The van der Waals surface area contributed by atoms with Crippen LogP contribution in [0.2, 0.25) is 0 Å². The molecule has 0 spiro atoms. The molecule has 1 rings (SSSR count). The fraction of sp³-hybridized carbons (Fsp3) is 0.400. The molecule has 0 heterocycles. The van der Waals surface area contributed by atoms with Crippen molar-refractivity contribution in [2.45, 2.75) is 20.3 Å². The third-order valence-corrected chi connectivity index (χ3v) is 2.29. The third kappa shape index (κ3) is 6.50. The molecule has 1 aromatic carbocycles. The second kappa shape index (κ2) is 9.03. The van der Waals surface area contributed by atoms with Gasteiger partial charge in [0.25, 0.3) is 0 Å². The van der Waals surface area contributed by atoms with Gasteiger partial charge in [-0.25, -0.2) is 0 Å². The van der Waals surface area contributed by atoms with Crippen LogP contribution < -0.4 is 9.47 Å². The number of esters is 1. The van der Waals surface area contributed by atoms with Crippen LogP contribution in [0.1, 0.15) is 20.3 Å². The summed E-state index contributed by atoms with van der Waals surface area (Å²) in [6.45, 7) is 5.08. The molecular weight excluding hydrogens is 244 g/mol. The average Bonchev–Trinajstić information content (AvgIpc) is 2.41. The standard InChI is InChI=1S/C15H20O4/c1-3-5-11-19-15(16)10-12-18-14-8-6-13(7-9-14)17-4-2/h3,5-9H,4,10-12H2,1-2H3/b5-3+. The molecule has 0 N–H and O–H groups in total. The summed E-state index contributed by atoms with van der Waals surface area (Å²) < 4.78 is 15.7. The molecule has 0 unspecified atom stereocenters. The van der Waals surface area contributed by atoms with Crippen molar-refractivity contribution < 1.29 is 19.0 Å². The second-order valence-corrected chi connectivity index (χ2v) is 3.75. The molecule has 4 nitrogen and oxygen atoms in total. The maximum Gasteiger partial charge on any atom is 0.309 e. The second-order valence-electron chi connectivity index (χ2n) is 3.75. The summed E-state index contributed by atoms with van der Waals surface area (Å²) in [7, 11) is 0. The molecule has 0 radical (unpaired) electrons. The summed E-state index contributed by atoms with van der Waals surface area (Å²) in [4.78, 5) is 11.3. The number of carbonyl (C=O) groups is 1. The minimum absolute atomic E-state index is 0.241. The number of carbonyl (C=O) groups excluding carboxylic acids is 1. The lowest BCUT2D eigenvalue weighted by molar-refractivity contribution is -0.142. The van der Waals surface area contributed by atoms with Gasteiger partial charge in [-0.05, 0) is 38.1 Å². The highest BCUT2D eigenvalue weighted by molar-refractivity contribution is 5.69. The predicted octanol–water partition coefficient (Wildman–Crippen LogP) is 2.97. The zero-order chi connectivity index (χ0) is 13.9. The SMILES string of the molecule is C/C=C/COC(=O)CCOc1ccc(OCC)cc1. The molecule has 0 saturated heterocycles. The van der Waals surface area contributed by atoms with E-state index in [4.69, 9.17) is 14.2 Å². The van der Waals surface area contributed by atoms with Gasteiger partial charge in [-0.15, -0.1) is 0 Å². The summed E-state index contributed by atoms with van der Waals surface area (Å²) in [5.74, 6) is 1.26. The third-order valence-electron chi connectivity index (χ3n) is 2.29. The molecular formula is C15H20O4. The Bertz CT molecular complexity index is 395. The fourth-order valence-corrected chi connectivity index (χ4v) is 1.36. The van der Waals surface area contributed by atoms with Gasteiger partial charge in [0.1, 0.15) is 18.1 Å². The number of hydrogen-bond donors (Lipinski definition) is 0. The van der Waals surface area contributed by atoms with E-state index in [1.807, 2.05) is 44.2 Å². The molecule has 0 aliphatic carbocycles. The van der Waals surface area contributed by atoms with E-state index in [1.54, 1.807) is 6.08 Å². The Labute approximate surface area is 114 Å². The molecule has 0 aliphatic rings. The minimum Gasteiger partial charge on any atom is -0.494 e. The number of benzene rings is 1. The molecule has 104 valence electrons. The Hall–Kier alpha value is -1.97. The maximum absolute atomic E-state index is 11.3. The summed E-state index contributed by atoms with van der Waals surface area (Å²) in [6, 6.07) is 7.30. The lowest BCUT2D eigenvalue weighted by atomic mass is 10.3. The molecule has 0 aromatic heterocycles. The largest absolute Gasteiger partial charge is 0.494 e. The maximum atomic E-state index is 11.3. The van der Waals surface area contributed by atoms with Crippen molar-refractivity contribution in [2.75, 3.05) is 19.8 Å². The molecule has 4 heteroatoms. The van der Waals surface area contributed by atoms with Crippen LogP contribution in [-0.4, -0.2) is 25.8 Å². The summed E-state index contributed by atoms with van der Waals surface area (Å²) in [5, 5.41) is 0. The summed E-state index contributed by atoms with van der Waals surface area (Å²) >= 11 is 0. The van der Waals surface area contributed by atoms with Crippen molar-refractivity contribution in [3.05, 3.63) is 36.4 Å². The van der Waals surface area contributed by atoms with E-state index >= 15 is 0 Å². The van der Waals surface area contributed by atoms with E-state index in [0.29, 0.717) is 25.6 Å². The van der Waals surface area contributed by atoms with Gasteiger partial charge >= 0.3 is 5.97 Å². The van der Waals surface area contributed by atoms with E-state index in [-0.39, 0.29) is 12.4 Å². The van der Waals surface area contributed by atoms with Crippen LogP contribution in [0.4, 0.5) is 0 Å². The monoisotopic (exact) mass is 264 g/mol. The van der Waals surface area contributed by atoms with Crippen LogP contribution in [0.3, 0.4) is 0 Å². The molecule has 0 fully saturated rings. The smallest absolute Gasteiger partial charge is 0.309 e. The quantitative estimate of drug-likeness (QED) is 0.535.